The Balaban J connectivity index is 2.70. The summed E-state index contributed by atoms with van der Waals surface area (Å²) in [6.45, 7) is 0. The summed E-state index contributed by atoms with van der Waals surface area (Å²) in [5, 5.41) is 34.3. The summed E-state index contributed by atoms with van der Waals surface area (Å²) < 4.78 is 4.50. The van der Waals surface area contributed by atoms with Gasteiger partial charge in [0.05, 0.1) is 0 Å². The van der Waals surface area contributed by atoms with Gasteiger partial charge in [0.2, 0.25) is 0 Å². The first kappa shape index (κ1) is 10.0. The molecule has 1 rings (SSSR count). The molecular weight excluding hydrogens is 175 g/mol. The third-order valence-electron chi connectivity index (χ3n) is 1.42. The van der Waals surface area contributed by atoms with E-state index in [-0.39, 0.29) is 5.75 Å². The lowest BCUT2D eigenvalue weighted by atomic mass is 10.2. The van der Waals surface area contributed by atoms with E-state index in [4.69, 9.17) is 20.3 Å². The minimum absolute atomic E-state index is 0.236. The summed E-state index contributed by atoms with van der Waals surface area (Å²) in [5.74, 6) is 0.236. The molecule has 1 aromatic carbocycles. The Morgan fingerprint density at radius 3 is 2.00 bits per heavy atom. The highest BCUT2D eigenvalue weighted by Gasteiger charge is 2.11. The molecule has 0 aromatic heterocycles. The monoisotopic (exact) mass is 184 g/mol. The highest BCUT2D eigenvalue weighted by molar-refractivity contribution is 6.33. The first-order chi connectivity index (χ1) is 6.09. The minimum Gasteiger partial charge on any atom is -0.512 e. The zero-order valence-electron chi connectivity index (χ0n) is 6.66. The summed E-state index contributed by atoms with van der Waals surface area (Å²) in [4.78, 5) is 0. The summed E-state index contributed by atoms with van der Waals surface area (Å²) in [6, 6.07) is 5.60. The van der Waals surface area contributed by atoms with Crippen molar-refractivity contribution >= 4 is 7.32 Å². The number of hydrogen-bond donors (Lipinski definition) is 4. The molecule has 0 fully saturated rings. The van der Waals surface area contributed by atoms with Crippen LogP contribution in [-0.2, 0) is 0 Å². The molecule has 4 N–H and O–H groups in total. The zero-order chi connectivity index (χ0) is 9.84. The summed E-state index contributed by atoms with van der Waals surface area (Å²) in [6.07, 6.45) is -1.53. The molecule has 0 saturated carbocycles. The van der Waals surface area contributed by atoms with Crippen LogP contribution in [0.3, 0.4) is 0 Å². The molecule has 0 atom stereocenters. The van der Waals surface area contributed by atoms with Gasteiger partial charge >= 0.3 is 7.32 Å². The van der Waals surface area contributed by atoms with E-state index in [0.29, 0.717) is 5.56 Å². The lowest BCUT2D eigenvalue weighted by Gasteiger charge is -2.06. The summed E-state index contributed by atoms with van der Waals surface area (Å²) in [7, 11) is -1.87. The Labute approximate surface area is 75.0 Å². The van der Waals surface area contributed by atoms with Crippen LogP contribution >= 0.6 is 0 Å². The Morgan fingerprint density at radius 2 is 1.62 bits per heavy atom. The van der Waals surface area contributed by atoms with Crippen molar-refractivity contribution in [2.24, 2.45) is 0 Å². The molecule has 6 heteroatoms. The van der Waals surface area contributed by atoms with Gasteiger partial charge in [0, 0.05) is 5.56 Å². The Hall–Kier alpha value is -1.08. The van der Waals surface area contributed by atoms with Crippen molar-refractivity contribution in [3.63, 3.8) is 0 Å². The van der Waals surface area contributed by atoms with Crippen molar-refractivity contribution in [2.45, 2.75) is 6.29 Å². The van der Waals surface area contributed by atoms with Gasteiger partial charge in [-0.05, 0) is 12.1 Å². The van der Waals surface area contributed by atoms with Crippen LogP contribution in [0.1, 0.15) is 11.9 Å². The van der Waals surface area contributed by atoms with Gasteiger partial charge in [0.15, 0.2) is 6.29 Å². The lowest BCUT2D eigenvalue weighted by molar-refractivity contribution is -0.0424. The van der Waals surface area contributed by atoms with Crippen LogP contribution < -0.4 is 4.65 Å². The van der Waals surface area contributed by atoms with Crippen LogP contribution in [0.25, 0.3) is 0 Å². The predicted octanol–water partition coefficient (Wildman–Crippen LogP) is -0.982. The molecule has 0 spiro atoms. The fourth-order valence-electron chi connectivity index (χ4n) is 0.840. The largest absolute Gasteiger partial charge is 0.707 e. The minimum atomic E-state index is -1.87. The third-order valence-corrected chi connectivity index (χ3v) is 1.42. The molecule has 1 aromatic rings. The first-order valence-electron chi connectivity index (χ1n) is 3.58. The Bertz CT molecular complexity index is 258. The molecule has 0 bridgehead atoms. The number of rotatable bonds is 3. The third kappa shape index (κ3) is 3.04. The van der Waals surface area contributed by atoms with Crippen LogP contribution in [0.5, 0.6) is 5.75 Å². The average molecular weight is 184 g/mol. The topological polar surface area (TPSA) is 90.2 Å². The van der Waals surface area contributed by atoms with Crippen molar-refractivity contribution in [3.8, 4) is 5.75 Å². The SMILES string of the molecule is OB(O)Oc1ccc(C(O)O)cc1. The molecular formula is C7H9BO5. The second kappa shape index (κ2) is 4.24. The summed E-state index contributed by atoms with van der Waals surface area (Å²) in [5.41, 5.74) is 0.305. The second-order valence-corrected chi connectivity index (χ2v) is 2.39. The molecule has 0 heterocycles. The van der Waals surface area contributed by atoms with E-state index >= 15 is 0 Å². The number of aliphatic hydroxyl groups excluding tert-OH is 1. The van der Waals surface area contributed by atoms with E-state index in [9.17, 15) is 0 Å². The van der Waals surface area contributed by atoms with E-state index in [2.05, 4.69) is 4.65 Å². The van der Waals surface area contributed by atoms with Crippen molar-refractivity contribution in [2.75, 3.05) is 0 Å². The molecule has 13 heavy (non-hydrogen) atoms. The van der Waals surface area contributed by atoms with Crippen LogP contribution in [-0.4, -0.2) is 27.6 Å². The van der Waals surface area contributed by atoms with Gasteiger partial charge in [-0.3, -0.25) is 0 Å². The molecule has 70 valence electrons. The van der Waals surface area contributed by atoms with E-state index in [1.165, 1.54) is 24.3 Å². The highest BCUT2D eigenvalue weighted by Crippen LogP contribution is 2.15. The summed E-state index contributed by atoms with van der Waals surface area (Å²) >= 11 is 0. The van der Waals surface area contributed by atoms with Crippen LogP contribution in [0, 0.1) is 0 Å². The molecule has 0 aliphatic rings. The van der Waals surface area contributed by atoms with Gasteiger partial charge in [0.25, 0.3) is 0 Å². The van der Waals surface area contributed by atoms with Crippen LogP contribution in [0.4, 0.5) is 0 Å². The fourth-order valence-corrected chi connectivity index (χ4v) is 0.840. The fraction of sp³-hybridized carbons (Fsp3) is 0.143. The van der Waals surface area contributed by atoms with Crippen molar-refractivity contribution in [1.82, 2.24) is 0 Å². The van der Waals surface area contributed by atoms with Gasteiger partial charge in [-0.1, -0.05) is 12.1 Å². The number of benzene rings is 1. The van der Waals surface area contributed by atoms with Gasteiger partial charge < -0.3 is 24.9 Å². The van der Waals surface area contributed by atoms with E-state index in [1.54, 1.807) is 0 Å². The Morgan fingerprint density at radius 1 is 1.08 bits per heavy atom. The molecule has 0 aliphatic carbocycles. The highest BCUT2D eigenvalue weighted by atomic mass is 16.6. The maximum Gasteiger partial charge on any atom is 0.707 e. The number of aliphatic hydroxyl groups is 2. The normalized spacial score (nSPS) is 10.2. The van der Waals surface area contributed by atoms with Crippen molar-refractivity contribution < 1.29 is 24.9 Å². The molecule has 5 nitrogen and oxygen atoms in total. The number of hydrogen-bond acceptors (Lipinski definition) is 5. The molecule has 0 unspecified atom stereocenters. The van der Waals surface area contributed by atoms with Crippen LogP contribution in [0.15, 0.2) is 24.3 Å². The quantitative estimate of drug-likeness (QED) is 0.358. The predicted molar refractivity (Wildman–Crippen MR) is 44.4 cm³/mol. The maximum atomic E-state index is 8.71. The Kier molecular flexibility index (Phi) is 3.27. The molecule has 0 aliphatic heterocycles. The lowest BCUT2D eigenvalue weighted by Crippen LogP contribution is -2.20. The van der Waals surface area contributed by atoms with Crippen molar-refractivity contribution in [1.29, 1.82) is 0 Å². The average Bonchev–Trinajstić information content (AvgIpc) is 2.04. The van der Waals surface area contributed by atoms with Crippen molar-refractivity contribution in [3.05, 3.63) is 29.8 Å². The van der Waals surface area contributed by atoms with Gasteiger partial charge in [-0.15, -0.1) is 0 Å². The first-order valence-corrected chi connectivity index (χ1v) is 3.58. The van der Waals surface area contributed by atoms with Gasteiger partial charge in [0.1, 0.15) is 5.75 Å². The van der Waals surface area contributed by atoms with E-state index in [1.807, 2.05) is 0 Å². The van der Waals surface area contributed by atoms with Gasteiger partial charge in [-0.25, -0.2) is 0 Å². The molecule has 0 saturated heterocycles. The van der Waals surface area contributed by atoms with E-state index < -0.39 is 13.6 Å². The molecule has 0 amide bonds. The standard InChI is InChI=1S/C7H9BO5/c9-7(10)5-1-3-6(4-2-5)13-8(11)12/h1-4,7,9-12H. The van der Waals surface area contributed by atoms with Crippen LogP contribution in [0.2, 0.25) is 0 Å². The molecule has 0 radical (unpaired) electrons. The zero-order valence-corrected chi connectivity index (χ0v) is 6.66. The maximum absolute atomic E-state index is 8.71. The van der Waals surface area contributed by atoms with E-state index in [0.717, 1.165) is 0 Å². The second-order valence-electron chi connectivity index (χ2n) is 2.39. The van der Waals surface area contributed by atoms with Gasteiger partial charge in [-0.2, -0.15) is 0 Å². The smallest absolute Gasteiger partial charge is 0.512 e.